The van der Waals surface area contributed by atoms with Gasteiger partial charge in [0.2, 0.25) is 11.8 Å². The number of carbonyl (C=O) groups excluding carboxylic acids is 1. The minimum absolute atomic E-state index is 0.177. The van der Waals surface area contributed by atoms with Crippen LogP contribution < -0.4 is 20.9 Å². The van der Waals surface area contributed by atoms with Crippen LogP contribution in [0.2, 0.25) is 0 Å². The van der Waals surface area contributed by atoms with Gasteiger partial charge >= 0.3 is 0 Å². The van der Waals surface area contributed by atoms with Crippen LogP contribution in [0.1, 0.15) is 35.6 Å². The molecule has 3 aromatic rings. The zero-order valence-electron chi connectivity index (χ0n) is 21.1. The summed E-state index contributed by atoms with van der Waals surface area (Å²) in [4.78, 5) is 36.6. The van der Waals surface area contributed by atoms with Crippen molar-refractivity contribution in [2.24, 2.45) is 0 Å². The number of nitrogens with one attached hydrogen (secondary N) is 1. The molecule has 1 saturated heterocycles. The van der Waals surface area contributed by atoms with Crippen LogP contribution in [0.5, 0.6) is 0 Å². The highest BCUT2D eigenvalue weighted by molar-refractivity contribution is 5.90. The second kappa shape index (κ2) is 10.1. The third kappa shape index (κ3) is 4.94. The maximum Gasteiger partial charge on any atom is 0.289 e. The van der Waals surface area contributed by atoms with Crippen molar-refractivity contribution >= 4 is 23.5 Å². The molecule has 4 heterocycles. The van der Waals surface area contributed by atoms with E-state index in [1.807, 2.05) is 6.92 Å². The van der Waals surface area contributed by atoms with Gasteiger partial charge in [0.25, 0.3) is 5.91 Å². The van der Waals surface area contributed by atoms with E-state index < -0.39 is 0 Å². The molecule has 2 aromatic heterocycles. The first-order valence-corrected chi connectivity index (χ1v) is 12.5. The van der Waals surface area contributed by atoms with Crippen LogP contribution in [0.3, 0.4) is 0 Å². The fourth-order valence-corrected chi connectivity index (χ4v) is 4.84. The van der Waals surface area contributed by atoms with Gasteiger partial charge in [0.15, 0.2) is 0 Å². The van der Waals surface area contributed by atoms with Crippen LogP contribution in [0.4, 0.5) is 17.6 Å². The lowest BCUT2D eigenvalue weighted by atomic mass is 9.92. The molecule has 36 heavy (non-hydrogen) atoms. The Hall–Kier alpha value is -3.79. The zero-order chi connectivity index (χ0) is 25.2. The molecule has 10 heteroatoms. The Kier molecular flexibility index (Phi) is 6.69. The predicted octanol–water partition coefficient (Wildman–Crippen LogP) is 1.97. The van der Waals surface area contributed by atoms with E-state index >= 15 is 0 Å². The van der Waals surface area contributed by atoms with E-state index in [4.69, 9.17) is 5.73 Å². The summed E-state index contributed by atoms with van der Waals surface area (Å²) in [7, 11) is 2.14. The molecule has 0 aliphatic carbocycles. The van der Waals surface area contributed by atoms with E-state index in [0.29, 0.717) is 12.5 Å². The number of nitrogens with zero attached hydrogens (tertiary/aromatic N) is 7. The molecule has 1 atom stereocenters. The zero-order valence-corrected chi connectivity index (χ0v) is 21.1. The Morgan fingerprint density at radius 2 is 1.75 bits per heavy atom. The summed E-state index contributed by atoms with van der Waals surface area (Å²) >= 11 is 0. The third-order valence-electron chi connectivity index (χ3n) is 6.96. The van der Waals surface area contributed by atoms with E-state index in [-0.39, 0.29) is 17.8 Å². The second-order valence-corrected chi connectivity index (χ2v) is 9.55. The minimum atomic E-state index is -0.265. The van der Waals surface area contributed by atoms with Gasteiger partial charge in [0, 0.05) is 69.3 Å². The molecule has 1 aromatic carbocycles. The lowest BCUT2D eigenvalue weighted by Crippen LogP contribution is -2.45. The summed E-state index contributed by atoms with van der Waals surface area (Å²) in [5.41, 5.74) is 10.6. The average Bonchev–Trinajstić information content (AvgIpc) is 2.88. The normalized spacial score (nSPS) is 18.1. The Labute approximate surface area is 211 Å². The van der Waals surface area contributed by atoms with Gasteiger partial charge in [-0.15, -0.1) is 0 Å². The van der Waals surface area contributed by atoms with Crippen LogP contribution >= 0.6 is 0 Å². The molecule has 0 radical (unpaired) electrons. The van der Waals surface area contributed by atoms with Gasteiger partial charge in [-0.1, -0.05) is 12.1 Å². The van der Waals surface area contributed by atoms with Crippen molar-refractivity contribution in [2.45, 2.75) is 32.9 Å². The molecule has 0 bridgehead atoms. The number of benzene rings is 1. The smallest absolute Gasteiger partial charge is 0.289 e. The van der Waals surface area contributed by atoms with E-state index in [9.17, 15) is 4.79 Å². The van der Waals surface area contributed by atoms with E-state index in [1.54, 1.807) is 12.4 Å². The molecule has 1 unspecified atom stereocenters. The van der Waals surface area contributed by atoms with E-state index in [1.165, 1.54) is 11.1 Å². The van der Waals surface area contributed by atoms with Crippen molar-refractivity contribution in [3.05, 3.63) is 53.6 Å². The van der Waals surface area contributed by atoms with Gasteiger partial charge in [0.05, 0.1) is 0 Å². The first-order chi connectivity index (χ1) is 17.4. The van der Waals surface area contributed by atoms with Gasteiger partial charge in [-0.05, 0) is 50.1 Å². The molecule has 0 saturated carbocycles. The largest absolute Gasteiger partial charge is 0.368 e. The van der Waals surface area contributed by atoms with Crippen molar-refractivity contribution in [1.29, 1.82) is 0 Å². The molecule has 10 nitrogen and oxygen atoms in total. The molecular formula is C26H33N9O. The SMILES string of the molecule is CCNC(=O)c1ncc(-c2ccc3c(c2)CN(c2cc(N4CCN(C)CC4)nc(N)n2)C(C)C3)cn1. The fourth-order valence-electron chi connectivity index (χ4n) is 4.84. The number of nitrogen functional groups attached to an aromatic ring is 1. The lowest BCUT2D eigenvalue weighted by Gasteiger charge is -2.37. The summed E-state index contributed by atoms with van der Waals surface area (Å²) < 4.78 is 0. The van der Waals surface area contributed by atoms with Crippen molar-refractivity contribution in [2.75, 3.05) is 55.3 Å². The van der Waals surface area contributed by atoms with Crippen molar-refractivity contribution in [1.82, 2.24) is 30.2 Å². The maximum absolute atomic E-state index is 12.0. The van der Waals surface area contributed by atoms with Gasteiger partial charge < -0.3 is 25.8 Å². The number of piperazine rings is 1. The third-order valence-corrected chi connectivity index (χ3v) is 6.96. The quantitative estimate of drug-likeness (QED) is 0.557. The first-order valence-electron chi connectivity index (χ1n) is 12.5. The van der Waals surface area contributed by atoms with Crippen molar-refractivity contribution < 1.29 is 4.79 Å². The molecule has 1 fully saturated rings. The highest BCUT2D eigenvalue weighted by Crippen LogP contribution is 2.32. The maximum atomic E-state index is 12.0. The monoisotopic (exact) mass is 487 g/mol. The predicted molar refractivity (Wildman–Crippen MR) is 141 cm³/mol. The van der Waals surface area contributed by atoms with Gasteiger partial charge in [-0.3, -0.25) is 4.79 Å². The number of fused-ring (bicyclic) bond motifs is 1. The molecule has 1 amide bonds. The molecule has 2 aliphatic heterocycles. The number of carbonyl (C=O) groups is 1. The summed E-state index contributed by atoms with van der Waals surface area (Å²) in [6, 6.07) is 8.81. The molecule has 0 spiro atoms. The summed E-state index contributed by atoms with van der Waals surface area (Å²) in [5, 5.41) is 2.72. The van der Waals surface area contributed by atoms with Crippen molar-refractivity contribution in [3.63, 3.8) is 0 Å². The number of anilines is 3. The van der Waals surface area contributed by atoms with E-state index in [2.05, 4.69) is 78.2 Å². The Morgan fingerprint density at radius 1 is 1.03 bits per heavy atom. The number of amides is 1. The number of aromatic nitrogens is 4. The number of nitrogens with two attached hydrogens (primary N) is 1. The number of likely N-dealkylation sites (N-methyl/N-ethyl adjacent to an activating group) is 1. The highest BCUT2D eigenvalue weighted by Gasteiger charge is 2.26. The number of hydrogen-bond acceptors (Lipinski definition) is 9. The van der Waals surface area contributed by atoms with Gasteiger partial charge in [0.1, 0.15) is 11.6 Å². The minimum Gasteiger partial charge on any atom is -0.368 e. The summed E-state index contributed by atoms with van der Waals surface area (Å²) in [6.45, 7) is 9.21. The second-order valence-electron chi connectivity index (χ2n) is 9.55. The van der Waals surface area contributed by atoms with Crippen molar-refractivity contribution in [3.8, 4) is 11.1 Å². The Morgan fingerprint density at radius 3 is 2.47 bits per heavy atom. The number of rotatable bonds is 5. The first kappa shape index (κ1) is 23.9. The average molecular weight is 488 g/mol. The van der Waals surface area contributed by atoms with Crippen LogP contribution in [0.15, 0.2) is 36.7 Å². The van der Waals surface area contributed by atoms with Crippen LogP contribution in [-0.2, 0) is 13.0 Å². The summed E-state index contributed by atoms with van der Waals surface area (Å²) in [5.74, 6) is 1.96. The van der Waals surface area contributed by atoms with Crippen LogP contribution in [-0.4, -0.2) is 76.6 Å². The number of hydrogen-bond donors (Lipinski definition) is 2. The molecule has 5 rings (SSSR count). The topological polar surface area (TPSA) is 116 Å². The molecule has 188 valence electrons. The Balaban J connectivity index is 1.39. The van der Waals surface area contributed by atoms with Gasteiger partial charge in [-0.2, -0.15) is 9.97 Å². The molecular weight excluding hydrogens is 454 g/mol. The van der Waals surface area contributed by atoms with E-state index in [0.717, 1.165) is 61.9 Å². The van der Waals surface area contributed by atoms with Crippen LogP contribution in [0.25, 0.3) is 11.1 Å². The molecule has 3 N–H and O–H groups in total. The highest BCUT2D eigenvalue weighted by atomic mass is 16.2. The fraction of sp³-hybridized carbons (Fsp3) is 0.423. The standard InChI is InChI=1S/C26H33N9O/c1-4-28-25(36)24-29-14-21(15-30-24)19-6-5-18-11-17(2)35(16-20(18)12-19)23-13-22(31-26(27)32-23)34-9-7-33(3)8-10-34/h5-6,12-15,17H,4,7-11,16H2,1-3H3,(H,28,36)(H2,27,31,32). The summed E-state index contributed by atoms with van der Waals surface area (Å²) in [6.07, 6.45) is 4.32. The van der Waals surface area contributed by atoms with Gasteiger partial charge in [-0.25, -0.2) is 9.97 Å². The lowest BCUT2D eigenvalue weighted by molar-refractivity contribution is 0.0945. The Bertz CT molecular complexity index is 1240. The van der Waals surface area contributed by atoms with Crippen LogP contribution in [0, 0.1) is 0 Å². The molecule has 2 aliphatic rings.